The van der Waals surface area contributed by atoms with E-state index in [-0.39, 0.29) is 12.0 Å². The Kier molecular flexibility index (Phi) is 3.20. The zero-order chi connectivity index (χ0) is 14.7. The highest BCUT2D eigenvalue weighted by atomic mass is 17.3. The maximum atomic E-state index is 11.0. The summed E-state index contributed by atoms with van der Waals surface area (Å²) in [6, 6.07) is 0. The third-order valence-electron chi connectivity index (χ3n) is 6.17. The van der Waals surface area contributed by atoms with Crippen molar-refractivity contribution in [3.05, 3.63) is 0 Å². The number of rotatable bonds is 2. The van der Waals surface area contributed by atoms with E-state index in [1.54, 1.807) is 0 Å². The van der Waals surface area contributed by atoms with Crippen LogP contribution in [0.3, 0.4) is 0 Å². The summed E-state index contributed by atoms with van der Waals surface area (Å²) in [4.78, 5) is 22.6. The number of aldehydes is 1. The summed E-state index contributed by atoms with van der Waals surface area (Å²) in [5, 5.41) is 0. The van der Waals surface area contributed by atoms with Gasteiger partial charge >= 0.3 is 0 Å². The quantitative estimate of drug-likeness (QED) is 0.579. The highest BCUT2D eigenvalue weighted by molar-refractivity contribution is 5.50. The Labute approximate surface area is 125 Å². The standard InChI is InChI=1S/C16H24O5/c1-10-12-5-3-4-11-6-8-15(2)19-14(16(11,12)21-20-15)18-13(10)7-9-17/h9-14H,3-8H2,1-2H3. The van der Waals surface area contributed by atoms with E-state index < -0.39 is 17.7 Å². The molecule has 0 N–H and O–H groups in total. The molecule has 0 aromatic rings. The Morgan fingerprint density at radius 3 is 2.90 bits per heavy atom. The van der Waals surface area contributed by atoms with Crippen molar-refractivity contribution in [2.75, 3.05) is 0 Å². The number of fused-ring (bicyclic) bond motifs is 2. The van der Waals surface area contributed by atoms with Crippen LogP contribution in [0, 0.1) is 17.8 Å². The maximum Gasteiger partial charge on any atom is 0.201 e. The second-order valence-electron chi connectivity index (χ2n) is 7.31. The molecule has 7 atom stereocenters. The summed E-state index contributed by atoms with van der Waals surface area (Å²) >= 11 is 0. The van der Waals surface area contributed by atoms with Gasteiger partial charge in [0.05, 0.1) is 6.10 Å². The van der Waals surface area contributed by atoms with Gasteiger partial charge in [0.1, 0.15) is 6.29 Å². The van der Waals surface area contributed by atoms with Crippen LogP contribution in [0.1, 0.15) is 52.4 Å². The predicted octanol–water partition coefficient (Wildman–Crippen LogP) is 2.58. The van der Waals surface area contributed by atoms with E-state index in [0.717, 1.165) is 32.0 Å². The van der Waals surface area contributed by atoms with E-state index >= 15 is 0 Å². The average molecular weight is 296 g/mol. The number of carbonyl (C=O) groups is 1. The second kappa shape index (κ2) is 4.75. The van der Waals surface area contributed by atoms with Crippen molar-refractivity contribution in [2.45, 2.75) is 76.2 Å². The third-order valence-corrected chi connectivity index (χ3v) is 6.17. The van der Waals surface area contributed by atoms with E-state index in [4.69, 9.17) is 19.2 Å². The molecule has 1 spiro atoms. The highest BCUT2D eigenvalue weighted by Crippen LogP contribution is 2.59. The van der Waals surface area contributed by atoms with Crippen LogP contribution in [0.2, 0.25) is 0 Å². The molecular weight excluding hydrogens is 272 g/mol. The molecule has 4 aliphatic heterocycles. The van der Waals surface area contributed by atoms with Crippen LogP contribution in [0.25, 0.3) is 0 Å². The molecule has 2 bridgehead atoms. The minimum Gasteiger partial charge on any atom is -0.345 e. The molecule has 1 aliphatic carbocycles. The van der Waals surface area contributed by atoms with Crippen LogP contribution < -0.4 is 0 Å². The summed E-state index contributed by atoms with van der Waals surface area (Å²) in [5.74, 6) is 0.320. The first-order chi connectivity index (χ1) is 10.1. The van der Waals surface area contributed by atoms with Gasteiger partial charge in [0.2, 0.25) is 5.79 Å². The normalized spacial score (nSPS) is 55.6. The smallest absolute Gasteiger partial charge is 0.201 e. The van der Waals surface area contributed by atoms with Crippen molar-refractivity contribution < 1.29 is 24.0 Å². The summed E-state index contributed by atoms with van der Waals surface area (Å²) in [7, 11) is 0. The molecule has 21 heavy (non-hydrogen) atoms. The predicted molar refractivity (Wildman–Crippen MR) is 73.0 cm³/mol. The van der Waals surface area contributed by atoms with Crippen molar-refractivity contribution >= 4 is 6.29 Å². The zero-order valence-electron chi connectivity index (χ0n) is 12.7. The summed E-state index contributed by atoms with van der Waals surface area (Å²) < 4.78 is 12.4. The molecule has 5 nitrogen and oxygen atoms in total. The molecule has 7 unspecified atom stereocenters. The SMILES string of the molecule is CC1C(CC=O)OC2OC3(C)CCC4CCCC1C42OO3. The fourth-order valence-electron chi connectivity index (χ4n) is 4.99. The number of hydrogen-bond donors (Lipinski definition) is 0. The average Bonchev–Trinajstić information content (AvgIpc) is 2.69. The Hall–Kier alpha value is -0.490. The van der Waals surface area contributed by atoms with E-state index in [0.29, 0.717) is 18.3 Å². The van der Waals surface area contributed by atoms with Crippen LogP contribution in [0.4, 0.5) is 0 Å². The lowest BCUT2D eigenvalue weighted by molar-refractivity contribution is -0.569. The van der Waals surface area contributed by atoms with Crippen LogP contribution in [0.15, 0.2) is 0 Å². The second-order valence-corrected chi connectivity index (χ2v) is 7.31. The molecule has 5 aliphatic rings. The molecule has 1 saturated carbocycles. The molecule has 5 heteroatoms. The van der Waals surface area contributed by atoms with E-state index in [2.05, 4.69) is 6.92 Å². The first-order valence-electron chi connectivity index (χ1n) is 8.23. The van der Waals surface area contributed by atoms with Gasteiger partial charge in [-0.2, -0.15) is 0 Å². The minimum absolute atomic E-state index is 0.0755. The molecular formula is C16H24O5. The van der Waals surface area contributed by atoms with Gasteiger partial charge < -0.3 is 14.3 Å². The van der Waals surface area contributed by atoms with E-state index in [9.17, 15) is 4.79 Å². The molecule has 0 amide bonds. The van der Waals surface area contributed by atoms with Gasteiger partial charge in [0, 0.05) is 18.8 Å². The lowest BCUT2D eigenvalue weighted by Gasteiger charge is -2.59. The van der Waals surface area contributed by atoms with Crippen molar-refractivity contribution in [1.82, 2.24) is 0 Å². The maximum absolute atomic E-state index is 11.0. The van der Waals surface area contributed by atoms with E-state index in [1.165, 1.54) is 6.42 Å². The monoisotopic (exact) mass is 296 g/mol. The van der Waals surface area contributed by atoms with Crippen LogP contribution in [0.5, 0.6) is 0 Å². The molecule has 4 heterocycles. The van der Waals surface area contributed by atoms with E-state index in [1.807, 2.05) is 6.92 Å². The Morgan fingerprint density at radius 2 is 2.10 bits per heavy atom. The highest BCUT2D eigenvalue weighted by Gasteiger charge is 2.67. The van der Waals surface area contributed by atoms with Gasteiger partial charge in [-0.3, -0.25) is 0 Å². The Morgan fingerprint density at radius 1 is 1.24 bits per heavy atom. The van der Waals surface area contributed by atoms with Gasteiger partial charge in [-0.15, -0.1) is 0 Å². The minimum atomic E-state index is -0.718. The Balaban J connectivity index is 1.75. The number of carbonyl (C=O) groups excluding carboxylic acids is 1. The Bertz CT molecular complexity index is 440. The molecule has 4 saturated heterocycles. The van der Waals surface area contributed by atoms with Crippen LogP contribution >= 0.6 is 0 Å². The lowest BCUT2D eigenvalue weighted by atomic mass is 9.60. The first kappa shape index (κ1) is 14.1. The van der Waals surface area contributed by atoms with Crippen molar-refractivity contribution in [3.8, 4) is 0 Å². The van der Waals surface area contributed by atoms with Gasteiger partial charge in [-0.05, 0) is 38.0 Å². The van der Waals surface area contributed by atoms with Gasteiger partial charge in [0.25, 0.3) is 0 Å². The fraction of sp³-hybridized carbons (Fsp3) is 0.938. The fourth-order valence-corrected chi connectivity index (χ4v) is 4.99. The first-order valence-corrected chi connectivity index (χ1v) is 8.23. The summed E-state index contributed by atoms with van der Waals surface area (Å²) in [5.41, 5.74) is -0.479. The van der Waals surface area contributed by atoms with Crippen LogP contribution in [-0.2, 0) is 24.0 Å². The largest absolute Gasteiger partial charge is 0.345 e. The van der Waals surface area contributed by atoms with Crippen molar-refractivity contribution in [3.63, 3.8) is 0 Å². The van der Waals surface area contributed by atoms with Crippen molar-refractivity contribution in [1.29, 1.82) is 0 Å². The van der Waals surface area contributed by atoms with Crippen molar-refractivity contribution in [2.24, 2.45) is 17.8 Å². The van der Waals surface area contributed by atoms with Crippen LogP contribution in [-0.4, -0.2) is 30.1 Å². The molecule has 5 rings (SSSR count). The van der Waals surface area contributed by atoms with Gasteiger partial charge in [0.15, 0.2) is 11.9 Å². The van der Waals surface area contributed by atoms with Gasteiger partial charge in [-0.25, -0.2) is 9.78 Å². The zero-order valence-corrected chi connectivity index (χ0v) is 12.7. The topological polar surface area (TPSA) is 54.0 Å². The number of hydrogen-bond acceptors (Lipinski definition) is 5. The third kappa shape index (κ3) is 1.87. The summed E-state index contributed by atoms with van der Waals surface area (Å²) in [6.45, 7) is 4.09. The summed E-state index contributed by atoms with van der Waals surface area (Å²) in [6.07, 6.45) is 6.23. The molecule has 118 valence electrons. The molecule has 0 aromatic heterocycles. The van der Waals surface area contributed by atoms with Gasteiger partial charge in [-0.1, -0.05) is 13.3 Å². The lowest BCUT2D eigenvalue weighted by Crippen LogP contribution is -2.69. The molecule has 0 aromatic carbocycles. The molecule has 0 radical (unpaired) electrons. The molecule has 5 fully saturated rings. The number of ether oxygens (including phenoxy) is 2.